The number of halogens is 1. The largest absolute Gasteiger partial charge is 0.330 e. The van der Waals surface area contributed by atoms with E-state index < -0.39 is 0 Å². The van der Waals surface area contributed by atoms with Crippen molar-refractivity contribution in [3.8, 4) is 0 Å². The molecule has 0 aliphatic carbocycles. The molecule has 1 aromatic heterocycles. The van der Waals surface area contributed by atoms with Gasteiger partial charge in [-0.15, -0.1) is 12.4 Å². The van der Waals surface area contributed by atoms with Gasteiger partial charge in [0.1, 0.15) is 0 Å². The zero-order valence-electron chi connectivity index (χ0n) is 12.8. The molecular weight excluding hydrogens is 308 g/mol. The van der Waals surface area contributed by atoms with E-state index in [0.717, 1.165) is 18.4 Å². The van der Waals surface area contributed by atoms with Crippen molar-refractivity contribution < 1.29 is 4.79 Å². The van der Waals surface area contributed by atoms with Gasteiger partial charge in [-0.3, -0.25) is 4.79 Å². The summed E-state index contributed by atoms with van der Waals surface area (Å²) in [5.74, 6) is 0.104. The van der Waals surface area contributed by atoms with Gasteiger partial charge in [0, 0.05) is 18.0 Å². The maximum atomic E-state index is 12.2. The van der Waals surface area contributed by atoms with Crippen LogP contribution in [0.4, 0.5) is 0 Å². The third-order valence-corrected chi connectivity index (χ3v) is 3.71. The van der Waals surface area contributed by atoms with Crippen molar-refractivity contribution in [3.05, 3.63) is 90.0 Å². The molecule has 0 fully saturated rings. The van der Waals surface area contributed by atoms with Crippen LogP contribution in [0.3, 0.4) is 0 Å². The second-order valence-electron chi connectivity index (χ2n) is 5.34. The van der Waals surface area contributed by atoms with Gasteiger partial charge in [-0.2, -0.15) is 0 Å². The fourth-order valence-corrected chi connectivity index (χ4v) is 2.43. The summed E-state index contributed by atoms with van der Waals surface area (Å²) in [5.41, 5.74) is 3.34. The van der Waals surface area contributed by atoms with Crippen LogP contribution in [0.15, 0.2) is 73.3 Å². The van der Waals surface area contributed by atoms with E-state index in [1.165, 1.54) is 11.1 Å². The molecule has 3 nitrogen and oxygen atoms in total. The average Bonchev–Trinajstić information content (AvgIpc) is 3.07. The number of carbonyl (C=O) groups excluding carboxylic acids is 1. The Bertz CT molecular complexity index is 722. The number of benzene rings is 2. The molecule has 118 valence electrons. The number of rotatable bonds is 6. The molecule has 0 bridgehead atoms. The van der Waals surface area contributed by atoms with Gasteiger partial charge in [0.2, 0.25) is 0 Å². The van der Waals surface area contributed by atoms with Crippen molar-refractivity contribution in [1.29, 1.82) is 0 Å². The summed E-state index contributed by atoms with van der Waals surface area (Å²) in [6.45, 7) is 0.337. The lowest BCUT2D eigenvalue weighted by atomic mass is 10.0. The van der Waals surface area contributed by atoms with Gasteiger partial charge >= 0.3 is 0 Å². The van der Waals surface area contributed by atoms with Gasteiger partial charge in [0.15, 0.2) is 5.78 Å². The topological polar surface area (TPSA) is 34.9 Å². The number of ketones is 1. The van der Waals surface area contributed by atoms with Gasteiger partial charge in [0.05, 0.1) is 12.9 Å². The number of Topliss-reactive ketones (excluding diaryl/α,β-unsaturated/α-hetero) is 1. The van der Waals surface area contributed by atoms with Crippen LogP contribution in [0.25, 0.3) is 0 Å². The predicted octanol–water partition coefficient (Wildman–Crippen LogP) is 3.97. The van der Waals surface area contributed by atoms with E-state index >= 15 is 0 Å². The monoisotopic (exact) mass is 326 g/mol. The minimum Gasteiger partial charge on any atom is -0.330 e. The van der Waals surface area contributed by atoms with E-state index in [4.69, 9.17) is 0 Å². The standard InChI is InChI=1S/C19H18N2O.ClH/c22-19(14-21-13-12-20-15-21)18-10-8-17(9-11-18)7-6-16-4-2-1-3-5-16;/h1-5,8-13,15H,6-7,14H2;1H. The van der Waals surface area contributed by atoms with Crippen molar-refractivity contribution in [2.24, 2.45) is 0 Å². The summed E-state index contributed by atoms with van der Waals surface area (Å²) >= 11 is 0. The van der Waals surface area contributed by atoms with Crippen LogP contribution in [0.1, 0.15) is 21.5 Å². The van der Waals surface area contributed by atoms with E-state index in [1.807, 2.05) is 30.3 Å². The SMILES string of the molecule is Cl.O=C(Cn1ccnc1)c1ccc(CCc2ccccc2)cc1. The van der Waals surface area contributed by atoms with Crippen molar-refractivity contribution in [2.75, 3.05) is 0 Å². The molecule has 0 amide bonds. The first-order valence-corrected chi connectivity index (χ1v) is 7.43. The summed E-state index contributed by atoms with van der Waals surface area (Å²) in [5, 5.41) is 0. The van der Waals surface area contributed by atoms with Crippen molar-refractivity contribution >= 4 is 18.2 Å². The molecule has 0 unspecified atom stereocenters. The highest BCUT2D eigenvalue weighted by molar-refractivity contribution is 5.95. The highest BCUT2D eigenvalue weighted by atomic mass is 35.5. The predicted molar refractivity (Wildman–Crippen MR) is 94.1 cm³/mol. The Morgan fingerprint density at radius 2 is 1.57 bits per heavy atom. The minimum absolute atomic E-state index is 0. The van der Waals surface area contributed by atoms with Crippen LogP contribution < -0.4 is 0 Å². The Morgan fingerprint density at radius 3 is 2.17 bits per heavy atom. The van der Waals surface area contributed by atoms with Crippen molar-refractivity contribution in [3.63, 3.8) is 0 Å². The second kappa shape index (κ2) is 8.30. The lowest BCUT2D eigenvalue weighted by Crippen LogP contribution is -2.08. The number of hydrogen-bond acceptors (Lipinski definition) is 2. The number of carbonyl (C=O) groups is 1. The highest BCUT2D eigenvalue weighted by Gasteiger charge is 2.06. The van der Waals surface area contributed by atoms with Crippen LogP contribution in [0, 0.1) is 0 Å². The number of hydrogen-bond donors (Lipinski definition) is 0. The van der Waals surface area contributed by atoms with Crippen LogP contribution >= 0.6 is 12.4 Å². The fraction of sp³-hybridized carbons (Fsp3) is 0.158. The summed E-state index contributed by atoms with van der Waals surface area (Å²) < 4.78 is 1.78. The molecule has 0 saturated carbocycles. The molecule has 3 rings (SSSR count). The summed E-state index contributed by atoms with van der Waals surface area (Å²) in [4.78, 5) is 16.1. The zero-order chi connectivity index (χ0) is 15.2. The van der Waals surface area contributed by atoms with Gasteiger partial charge in [-0.25, -0.2) is 4.98 Å². The molecule has 4 heteroatoms. The van der Waals surface area contributed by atoms with E-state index in [2.05, 4.69) is 29.2 Å². The third kappa shape index (κ3) is 4.80. The molecule has 0 saturated heterocycles. The van der Waals surface area contributed by atoms with Crippen molar-refractivity contribution in [1.82, 2.24) is 9.55 Å². The lowest BCUT2D eigenvalue weighted by molar-refractivity contribution is 0.0972. The smallest absolute Gasteiger partial charge is 0.182 e. The van der Waals surface area contributed by atoms with E-state index in [1.54, 1.807) is 23.3 Å². The molecule has 0 atom stereocenters. The Labute approximate surface area is 142 Å². The van der Waals surface area contributed by atoms with E-state index in [-0.39, 0.29) is 18.2 Å². The van der Waals surface area contributed by atoms with Crippen molar-refractivity contribution in [2.45, 2.75) is 19.4 Å². The summed E-state index contributed by atoms with van der Waals surface area (Å²) in [6, 6.07) is 18.4. The van der Waals surface area contributed by atoms with E-state index in [0.29, 0.717) is 6.54 Å². The van der Waals surface area contributed by atoms with Crippen LogP contribution in [0.2, 0.25) is 0 Å². The lowest BCUT2D eigenvalue weighted by Gasteiger charge is -2.05. The summed E-state index contributed by atoms with van der Waals surface area (Å²) in [6.07, 6.45) is 7.14. The van der Waals surface area contributed by atoms with Gasteiger partial charge in [-0.05, 0) is 24.0 Å². The first-order valence-electron chi connectivity index (χ1n) is 7.43. The van der Waals surface area contributed by atoms with Gasteiger partial charge in [-0.1, -0.05) is 54.6 Å². The normalized spacial score (nSPS) is 10.1. The molecule has 3 aromatic rings. The Kier molecular flexibility index (Phi) is 6.12. The van der Waals surface area contributed by atoms with E-state index in [9.17, 15) is 4.79 Å². The number of nitrogens with zero attached hydrogens (tertiary/aromatic N) is 2. The third-order valence-electron chi connectivity index (χ3n) is 3.71. The van der Waals surface area contributed by atoms with Crippen LogP contribution in [-0.4, -0.2) is 15.3 Å². The molecule has 0 aliphatic rings. The Hall–Kier alpha value is -2.39. The molecule has 0 radical (unpaired) electrons. The minimum atomic E-state index is 0. The maximum absolute atomic E-state index is 12.2. The first kappa shape index (κ1) is 17.0. The highest BCUT2D eigenvalue weighted by Crippen LogP contribution is 2.10. The molecule has 2 aromatic carbocycles. The molecule has 0 aliphatic heterocycles. The number of aromatic nitrogens is 2. The molecular formula is C19H19ClN2O. The first-order chi connectivity index (χ1) is 10.8. The zero-order valence-corrected chi connectivity index (χ0v) is 13.6. The van der Waals surface area contributed by atoms with Gasteiger partial charge in [0.25, 0.3) is 0 Å². The maximum Gasteiger partial charge on any atom is 0.182 e. The van der Waals surface area contributed by atoms with Gasteiger partial charge < -0.3 is 4.57 Å². The molecule has 0 N–H and O–H groups in total. The average molecular weight is 327 g/mol. The Balaban J connectivity index is 0.00000192. The number of imidazole rings is 1. The summed E-state index contributed by atoms with van der Waals surface area (Å²) in [7, 11) is 0. The Morgan fingerprint density at radius 1 is 0.913 bits per heavy atom. The molecule has 0 spiro atoms. The van der Waals surface area contributed by atoms with Crippen LogP contribution in [-0.2, 0) is 19.4 Å². The molecule has 1 heterocycles. The fourth-order valence-electron chi connectivity index (χ4n) is 2.43. The second-order valence-corrected chi connectivity index (χ2v) is 5.34. The van der Waals surface area contributed by atoms with Crippen LogP contribution in [0.5, 0.6) is 0 Å². The molecule has 23 heavy (non-hydrogen) atoms. The number of aryl methyl sites for hydroxylation is 2. The quantitative estimate of drug-likeness (QED) is 0.642.